The minimum atomic E-state index is -1.04. The van der Waals surface area contributed by atoms with Gasteiger partial charge in [0.2, 0.25) is 5.91 Å². The maximum absolute atomic E-state index is 14.4. The molecular formula is C29H25FN4O3S. The van der Waals surface area contributed by atoms with Gasteiger partial charge in [0.1, 0.15) is 11.5 Å². The summed E-state index contributed by atoms with van der Waals surface area (Å²) < 4.78 is 16.3. The Balaban J connectivity index is 1.45. The number of rotatable bonds is 8. The van der Waals surface area contributed by atoms with Crippen LogP contribution in [0.3, 0.4) is 0 Å². The zero-order valence-corrected chi connectivity index (χ0v) is 21.7. The Morgan fingerprint density at radius 1 is 1.11 bits per heavy atom. The molecule has 9 heteroatoms. The van der Waals surface area contributed by atoms with Crippen molar-refractivity contribution in [2.75, 3.05) is 11.9 Å². The summed E-state index contributed by atoms with van der Waals surface area (Å²) in [4.78, 5) is 35.5. The summed E-state index contributed by atoms with van der Waals surface area (Å²) in [6.07, 6.45) is 3.70. The maximum atomic E-state index is 14.4. The number of anilines is 1. The largest absolute Gasteiger partial charge is 0.481 e. The number of hydrogen-bond donors (Lipinski definition) is 1. The van der Waals surface area contributed by atoms with E-state index in [1.165, 1.54) is 28.4 Å². The van der Waals surface area contributed by atoms with Crippen LogP contribution in [-0.2, 0) is 23.1 Å². The highest BCUT2D eigenvalue weighted by Crippen LogP contribution is 2.36. The molecule has 0 aliphatic rings. The number of carboxylic acid groups (broad SMARTS) is 1. The van der Waals surface area contributed by atoms with Gasteiger partial charge in [0.05, 0.1) is 18.0 Å². The Bertz CT molecular complexity index is 1630. The molecule has 38 heavy (non-hydrogen) atoms. The van der Waals surface area contributed by atoms with Crippen LogP contribution in [0, 0.1) is 11.7 Å². The molecule has 192 valence electrons. The van der Waals surface area contributed by atoms with Crippen LogP contribution in [0.4, 0.5) is 9.52 Å². The van der Waals surface area contributed by atoms with Crippen molar-refractivity contribution in [1.82, 2.24) is 14.5 Å². The van der Waals surface area contributed by atoms with E-state index in [0.29, 0.717) is 22.8 Å². The van der Waals surface area contributed by atoms with Gasteiger partial charge in [-0.1, -0.05) is 36.4 Å². The third kappa shape index (κ3) is 5.19. The zero-order valence-electron chi connectivity index (χ0n) is 20.8. The Morgan fingerprint density at radius 3 is 2.66 bits per heavy atom. The van der Waals surface area contributed by atoms with Crippen molar-refractivity contribution in [3.05, 3.63) is 89.8 Å². The van der Waals surface area contributed by atoms with E-state index in [1.807, 2.05) is 60.3 Å². The van der Waals surface area contributed by atoms with Crippen LogP contribution in [0.15, 0.2) is 78.4 Å². The molecule has 0 bridgehead atoms. The molecule has 2 aromatic carbocycles. The third-order valence-corrected chi connectivity index (χ3v) is 7.40. The summed E-state index contributed by atoms with van der Waals surface area (Å²) in [6, 6.07) is 17.8. The quantitative estimate of drug-likeness (QED) is 0.275. The van der Waals surface area contributed by atoms with E-state index in [4.69, 9.17) is 0 Å². The Labute approximate surface area is 222 Å². The van der Waals surface area contributed by atoms with E-state index in [1.54, 1.807) is 24.7 Å². The molecule has 0 aliphatic heterocycles. The number of benzene rings is 2. The van der Waals surface area contributed by atoms with Gasteiger partial charge in [-0.25, -0.2) is 14.4 Å². The number of carbonyl (C=O) groups excluding carboxylic acids is 1. The first-order chi connectivity index (χ1) is 18.3. The first-order valence-electron chi connectivity index (χ1n) is 12.0. The second kappa shape index (κ2) is 10.5. The Hall–Kier alpha value is -4.37. The third-order valence-electron chi connectivity index (χ3n) is 6.48. The highest BCUT2D eigenvalue weighted by Gasteiger charge is 2.27. The van der Waals surface area contributed by atoms with Crippen LogP contribution in [0.2, 0.25) is 0 Å². The van der Waals surface area contributed by atoms with Crippen molar-refractivity contribution < 1.29 is 19.1 Å². The number of aliphatic carboxylic acids is 1. The maximum Gasteiger partial charge on any atom is 0.304 e. The summed E-state index contributed by atoms with van der Waals surface area (Å²) in [6.45, 7) is 0. The molecule has 0 spiro atoms. The molecule has 0 saturated heterocycles. The van der Waals surface area contributed by atoms with Gasteiger partial charge in [0.15, 0.2) is 5.13 Å². The van der Waals surface area contributed by atoms with E-state index in [2.05, 4.69) is 9.97 Å². The number of halogens is 1. The van der Waals surface area contributed by atoms with Crippen molar-refractivity contribution in [3.63, 3.8) is 0 Å². The average molecular weight is 529 g/mol. The van der Waals surface area contributed by atoms with E-state index >= 15 is 0 Å². The summed E-state index contributed by atoms with van der Waals surface area (Å²) in [5.41, 5.74) is 4.42. The van der Waals surface area contributed by atoms with Crippen molar-refractivity contribution in [2.24, 2.45) is 13.0 Å². The highest BCUT2D eigenvalue weighted by molar-refractivity contribution is 7.14. The summed E-state index contributed by atoms with van der Waals surface area (Å²) in [5, 5.41) is 12.6. The lowest BCUT2D eigenvalue weighted by Gasteiger charge is -2.21. The smallest absolute Gasteiger partial charge is 0.304 e. The van der Waals surface area contributed by atoms with Crippen LogP contribution in [0.5, 0.6) is 0 Å². The van der Waals surface area contributed by atoms with Gasteiger partial charge in [0, 0.05) is 48.4 Å². The number of fused-ring (bicyclic) bond motifs is 1. The number of carboxylic acids is 1. The van der Waals surface area contributed by atoms with E-state index in [0.717, 1.165) is 27.7 Å². The number of nitrogens with zero attached hydrogens (tertiary/aromatic N) is 4. The van der Waals surface area contributed by atoms with Gasteiger partial charge in [-0.2, -0.15) is 0 Å². The van der Waals surface area contributed by atoms with Gasteiger partial charge < -0.3 is 9.67 Å². The Morgan fingerprint density at radius 2 is 1.89 bits per heavy atom. The molecule has 0 radical (unpaired) electrons. The molecule has 0 unspecified atom stereocenters. The first-order valence-corrected chi connectivity index (χ1v) is 12.9. The lowest BCUT2D eigenvalue weighted by Crippen LogP contribution is -2.35. The van der Waals surface area contributed by atoms with Crippen molar-refractivity contribution in [2.45, 2.75) is 12.8 Å². The van der Waals surface area contributed by atoms with Crippen molar-refractivity contribution in [1.29, 1.82) is 0 Å². The standard InChI is InChI=1S/C29H25FN4O3S/c1-33-11-10-19-13-21(16-31-27(19)33)23-9-8-22(30)15-24(23)25-17-38-29(32-25)34(2)28(37)20(14-26(35)36)12-18-6-4-3-5-7-18/h3-11,13,15-17,20H,12,14H2,1-2H3,(H,35,36)/t20-/m1/s1. The average Bonchev–Trinajstić information content (AvgIpc) is 3.55. The van der Waals surface area contributed by atoms with Crippen molar-refractivity contribution >= 4 is 39.4 Å². The fraction of sp³-hybridized carbons (Fsp3) is 0.172. The molecule has 7 nitrogen and oxygen atoms in total. The normalized spacial score (nSPS) is 12.0. The fourth-order valence-electron chi connectivity index (χ4n) is 4.55. The summed E-state index contributed by atoms with van der Waals surface area (Å²) in [7, 11) is 3.51. The SMILES string of the molecule is CN(C(=O)[C@@H](CC(=O)O)Cc1ccccc1)c1nc(-c2cc(F)ccc2-c2cnc3c(ccn3C)c2)cs1. The molecule has 0 fully saturated rings. The summed E-state index contributed by atoms with van der Waals surface area (Å²) in [5.74, 6) is -2.53. The van der Waals surface area contributed by atoms with Crippen LogP contribution >= 0.6 is 11.3 Å². The second-order valence-electron chi connectivity index (χ2n) is 9.15. The van der Waals surface area contributed by atoms with Crippen LogP contribution in [0.25, 0.3) is 33.4 Å². The second-order valence-corrected chi connectivity index (χ2v) is 9.99. The number of amides is 1. The number of carbonyl (C=O) groups is 2. The molecule has 0 saturated carbocycles. The first kappa shape index (κ1) is 25.3. The molecule has 3 aromatic heterocycles. The van der Waals surface area contributed by atoms with E-state index in [9.17, 15) is 19.1 Å². The number of aryl methyl sites for hydroxylation is 1. The van der Waals surface area contributed by atoms with E-state index < -0.39 is 17.7 Å². The van der Waals surface area contributed by atoms with Gasteiger partial charge >= 0.3 is 5.97 Å². The minimum absolute atomic E-state index is 0.292. The fourth-order valence-corrected chi connectivity index (χ4v) is 5.34. The zero-order chi connectivity index (χ0) is 26.8. The highest BCUT2D eigenvalue weighted by atomic mass is 32.1. The van der Waals surface area contributed by atoms with Gasteiger partial charge in [-0.05, 0) is 41.8 Å². The molecular weight excluding hydrogens is 503 g/mol. The van der Waals surface area contributed by atoms with Crippen LogP contribution in [-0.4, -0.2) is 38.6 Å². The lowest BCUT2D eigenvalue weighted by atomic mass is 9.95. The molecule has 3 heterocycles. The Kier molecular flexibility index (Phi) is 7.02. The topological polar surface area (TPSA) is 88.3 Å². The molecule has 5 rings (SSSR count). The predicted octanol–water partition coefficient (Wildman–Crippen LogP) is 5.80. The molecule has 1 atom stereocenters. The van der Waals surface area contributed by atoms with Crippen molar-refractivity contribution in [3.8, 4) is 22.4 Å². The van der Waals surface area contributed by atoms with Gasteiger partial charge in [-0.15, -0.1) is 11.3 Å². The van der Waals surface area contributed by atoms with Crippen LogP contribution in [0.1, 0.15) is 12.0 Å². The van der Waals surface area contributed by atoms with E-state index in [-0.39, 0.29) is 12.3 Å². The number of pyridine rings is 1. The number of hydrogen-bond acceptors (Lipinski definition) is 5. The molecule has 0 aliphatic carbocycles. The molecule has 1 amide bonds. The monoisotopic (exact) mass is 528 g/mol. The van der Waals surface area contributed by atoms with Gasteiger partial charge in [-0.3, -0.25) is 14.5 Å². The minimum Gasteiger partial charge on any atom is -0.481 e. The lowest BCUT2D eigenvalue weighted by molar-refractivity contribution is -0.140. The predicted molar refractivity (Wildman–Crippen MR) is 147 cm³/mol. The molecule has 1 N–H and O–H groups in total. The molecule has 5 aromatic rings. The summed E-state index contributed by atoms with van der Waals surface area (Å²) >= 11 is 1.24. The number of aromatic nitrogens is 3. The number of thiazole rings is 1. The van der Waals surface area contributed by atoms with Crippen LogP contribution < -0.4 is 4.90 Å². The van der Waals surface area contributed by atoms with Gasteiger partial charge in [0.25, 0.3) is 0 Å².